The van der Waals surface area contributed by atoms with Crippen molar-refractivity contribution < 1.29 is 14.6 Å². The standard InChI is InChI=1S/C14H20N2O3/c17-14(12-1-6-15-11-16-9-12)4-2-13(3-5-14)10-18-7-8-19-13/h6,9,11,17H,1-5,7-8,10H2. The largest absolute Gasteiger partial charge is 0.385 e. The highest BCUT2D eigenvalue weighted by atomic mass is 16.6. The van der Waals surface area contributed by atoms with Crippen molar-refractivity contribution in [3.63, 3.8) is 0 Å². The van der Waals surface area contributed by atoms with Crippen molar-refractivity contribution in [3.8, 4) is 0 Å². The normalized spacial score (nSPS) is 39.1. The molecule has 19 heavy (non-hydrogen) atoms. The smallest absolute Gasteiger partial charge is 0.114 e. The molecule has 0 aromatic carbocycles. The summed E-state index contributed by atoms with van der Waals surface area (Å²) in [5, 5.41) is 10.8. The first-order valence-electron chi connectivity index (χ1n) is 6.89. The van der Waals surface area contributed by atoms with E-state index in [1.54, 1.807) is 12.4 Å². The maximum atomic E-state index is 10.8. The van der Waals surface area contributed by atoms with Gasteiger partial charge in [0.05, 0.1) is 31.0 Å². The van der Waals surface area contributed by atoms with Gasteiger partial charge >= 0.3 is 0 Å². The SMILES string of the molecule is OC1(C2=CN=CN=CC2)CCC2(CC1)COCCO2. The van der Waals surface area contributed by atoms with E-state index in [0.717, 1.165) is 18.4 Å². The second kappa shape index (κ2) is 5.15. The summed E-state index contributed by atoms with van der Waals surface area (Å²) in [7, 11) is 0. The molecule has 3 aliphatic rings. The van der Waals surface area contributed by atoms with Crippen LogP contribution >= 0.6 is 0 Å². The van der Waals surface area contributed by atoms with Crippen molar-refractivity contribution in [1.29, 1.82) is 0 Å². The molecule has 0 aromatic heterocycles. The fraction of sp³-hybridized carbons (Fsp3) is 0.714. The first-order chi connectivity index (χ1) is 9.23. The van der Waals surface area contributed by atoms with Crippen LogP contribution in [0.25, 0.3) is 0 Å². The van der Waals surface area contributed by atoms with E-state index in [2.05, 4.69) is 9.98 Å². The summed E-state index contributed by atoms with van der Waals surface area (Å²) in [4.78, 5) is 8.08. The van der Waals surface area contributed by atoms with Gasteiger partial charge in [0.2, 0.25) is 0 Å². The highest BCUT2D eigenvalue weighted by Gasteiger charge is 2.45. The average molecular weight is 264 g/mol. The minimum Gasteiger partial charge on any atom is -0.385 e. The second-order valence-corrected chi connectivity index (χ2v) is 5.57. The van der Waals surface area contributed by atoms with Crippen LogP contribution in [0, 0.1) is 0 Å². The van der Waals surface area contributed by atoms with Gasteiger partial charge < -0.3 is 14.6 Å². The molecule has 104 valence electrons. The summed E-state index contributed by atoms with van der Waals surface area (Å²) >= 11 is 0. The predicted molar refractivity (Wildman–Crippen MR) is 72.6 cm³/mol. The van der Waals surface area contributed by atoms with Gasteiger partial charge in [0, 0.05) is 18.8 Å². The fourth-order valence-corrected chi connectivity index (χ4v) is 3.07. The molecule has 0 aromatic rings. The Bertz CT molecular complexity index is 412. The van der Waals surface area contributed by atoms with Crippen LogP contribution in [0.15, 0.2) is 21.8 Å². The summed E-state index contributed by atoms with van der Waals surface area (Å²) in [5.74, 6) is 0. The molecule has 1 spiro atoms. The highest BCUT2D eigenvalue weighted by Crippen LogP contribution is 2.42. The third-order valence-corrected chi connectivity index (χ3v) is 4.37. The van der Waals surface area contributed by atoms with Crippen molar-refractivity contribution in [1.82, 2.24) is 0 Å². The van der Waals surface area contributed by atoms with Crippen LogP contribution in [0.5, 0.6) is 0 Å². The molecule has 1 N–H and O–H groups in total. The van der Waals surface area contributed by atoms with Crippen LogP contribution in [-0.4, -0.2) is 48.7 Å². The van der Waals surface area contributed by atoms with Gasteiger partial charge in [0.25, 0.3) is 0 Å². The van der Waals surface area contributed by atoms with Gasteiger partial charge in [0.15, 0.2) is 0 Å². The van der Waals surface area contributed by atoms with Crippen LogP contribution in [0.3, 0.4) is 0 Å². The van der Waals surface area contributed by atoms with E-state index in [0.29, 0.717) is 39.1 Å². The molecular formula is C14H20N2O3. The summed E-state index contributed by atoms with van der Waals surface area (Å²) in [6.45, 7) is 2.00. The second-order valence-electron chi connectivity index (χ2n) is 5.57. The zero-order valence-corrected chi connectivity index (χ0v) is 11.0. The Morgan fingerprint density at radius 1 is 1.11 bits per heavy atom. The summed E-state index contributed by atoms with van der Waals surface area (Å²) < 4.78 is 11.4. The van der Waals surface area contributed by atoms with Crippen LogP contribution in [0.4, 0.5) is 0 Å². The first-order valence-corrected chi connectivity index (χ1v) is 6.89. The molecule has 0 bridgehead atoms. The van der Waals surface area contributed by atoms with Crippen molar-refractivity contribution in [2.24, 2.45) is 9.98 Å². The summed E-state index contributed by atoms with van der Waals surface area (Å²) in [6.07, 6.45) is 8.80. The van der Waals surface area contributed by atoms with Gasteiger partial charge in [-0.1, -0.05) is 0 Å². The van der Waals surface area contributed by atoms with Gasteiger partial charge in [-0.3, -0.25) is 0 Å². The monoisotopic (exact) mass is 264 g/mol. The molecule has 0 radical (unpaired) electrons. The Labute approximate surface area is 113 Å². The quantitative estimate of drug-likeness (QED) is 0.780. The number of nitrogens with zero attached hydrogens (tertiary/aromatic N) is 2. The molecule has 1 saturated carbocycles. The van der Waals surface area contributed by atoms with Crippen LogP contribution in [-0.2, 0) is 9.47 Å². The lowest BCUT2D eigenvalue weighted by molar-refractivity contribution is -0.186. The lowest BCUT2D eigenvalue weighted by Crippen LogP contribution is -2.50. The van der Waals surface area contributed by atoms with Crippen LogP contribution < -0.4 is 0 Å². The maximum Gasteiger partial charge on any atom is 0.114 e. The third kappa shape index (κ3) is 2.63. The summed E-state index contributed by atoms with van der Waals surface area (Å²) in [6, 6.07) is 0. The molecular weight excluding hydrogens is 244 g/mol. The average Bonchev–Trinajstić information content (AvgIpc) is 2.73. The van der Waals surface area contributed by atoms with E-state index >= 15 is 0 Å². The molecule has 0 atom stereocenters. The van der Waals surface area contributed by atoms with E-state index in [1.807, 2.05) is 0 Å². The Hall–Kier alpha value is -1.04. The Kier molecular flexibility index (Phi) is 3.52. The van der Waals surface area contributed by atoms with Crippen molar-refractivity contribution in [2.45, 2.75) is 43.3 Å². The van der Waals surface area contributed by atoms with Crippen molar-refractivity contribution in [2.75, 3.05) is 19.8 Å². The van der Waals surface area contributed by atoms with E-state index in [4.69, 9.17) is 9.47 Å². The fourth-order valence-electron chi connectivity index (χ4n) is 3.07. The van der Waals surface area contributed by atoms with E-state index < -0.39 is 5.60 Å². The van der Waals surface area contributed by atoms with Crippen molar-refractivity contribution >= 4 is 12.6 Å². The van der Waals surface area contributed by atoms with E-state index in [9.17, 15) is 5.11 Å². The molecule has 2 fully saturated rings. The number of hydrogen-bond acceptors (Lipinski definition) is 5. The lowest BCUT2D eigenvalue weighted by Gasteiger charge is -2.46. The number of ether oxygens (including phenoxy) is 2. The molecule has 5 heteroatoms. The minimum atomic E-state index is -0.764. The van der Waals surface area contributed by atoms with Gasteiger partial charge in [-0.2, -0.15) is 0 Å². The molecule has 2 aliphatic heterocycles. The topological polar surface area (TPSA) is 63.4 Å². The third-order valence-electron chi connectivity index (χ3n) is 4.37. The number of hydrogen-bond donors (Lipinski definition) is 1. The molecule has 2 heterocycles. The van der Waals surface area contributed by atoms with Gasteiger partial charge in [-0.05, 0) is 31.3 Å². The maximum absolute atomic E-state index is 10.8. The Morgan fingerprint density at radius 2 is 1.95 bits per heavy atom. The summed E-state index contributed by atoms with van der Waals surface area (Å²) in [5.41, 5.74) is 0.0175. The Morgan fingerprint density at radius 3 is 2.68 bits per heavy atom. The van der Waals surface area contributed by atoms with Crippen LogP contribution in [0.1, 0.15) is 32.1 Å². The minimum absolute atomic E-state index is 0.173. The highest BCUT2D eigenvalue weighted by molar-refractivity contribution is 5.75. The van der Waals surface area contributed by atoms with Crippen LogP contribution in [0.2, 0.25) is 0 Å². The zero-order valence-electron chi connectivity index (χ0n) is 11.0. The van der Waals surface area contributed by atoms with Gasteiger partial charge in [-0.25, -0.2) is 9.98 Å². The van der Waals surface area contributed by atoms with Gasteiger partial charge in [0.1, 0.15) is 6.34 Å². The van der Waals surface area contributed by atoms with Crippen molar-refractivity contribution in [3.05, 3.63) is 11.8 Å². The molecule has 1 saturated heterocycles. The van der Waals surface area contributed by atoms with Gasteiger partial charge in [-0.15, -0.1) is 0 Å². The van der Waals surface area contributed by atoms with E-state index in [1.165, 1.54) is 6.34 Å². The number of rotatable bonds is 1. The predicted octanol–water partition coefficient (Wildman–Crippen LogP) is 1.46. The molecule has 0 amide bonds. The Balaban J connectivity index is 1.69. The number of aliphatic imine (C=N–C) groups is 2. The molecule has 0 unspecified atom stereocenters. The first kappa shape index (κ1) is 13.0. The molecule has 1 aliphatic carbocycles. The molecule has 3 rings (SSSR count). The lowest BCUT2D eigenvalue weighted by atomic mass is 9.72. The zero-order chi connectivity index (χ0) is 13.2. The molecule has 5 nitrogen and oxygen atoms in total. The number of aliphatic hydroxyl groups is 1. The van der Waals surface area contributed by atoms with E-state index in [-0.39, 0.29) is 5.60 Å².